The molecule has 5 rings (SSSR count). The van der Waals surface area contributed by atoms with Gasteiger partial charge in [-0.05, 0) is 97.7 Å². The van der Waals surface area contributed by atoms with E-state index in [-0.39, 0.29) is 18.1 Å². The molecule has 0 aromatic rings. The molecule has 13 atom stereocenters. The smallest absolute Gasteiger partial charge is 0.303 e. The first-order valence-electron chi connectivity index (χ1n) is 19.7. The zero-order chi connectivity index (χ0) is 37.2. The molecule has 0 N–H and O–H groups in total. The first kappa shape index (κ1) is 39.7. The third-order valence-corrected chi connectivity index (χ3v) is 13.5. The van der Waals surface area contributed by atoms with Gasteiger partial charge in [0.2, 0.25) is 0 Å². The molecule has 0 radical (unpaired) electrons. The Bertz CT molecular complexity index is 1310. The van der Waals surface area contributed by atoms with E-state index in [1.165, 1.54) is 78.2 Å². The Labute approximate surface area is 305 Å². The van der Waals surface area contributed by atoms with E-state index >= 15 is 0 Å². The summed E-state index contributed by atoms with van der Waals surface area (Å²) in [6, 6.07) is 0. The summed E-state index contributed by atoms with van der Waals surface area (Å²) in [5.41, 5.74) is 1.97. The molecular weight excluding hydrogens is 652 g/mol. The quantitative estimate of drug-likeness (QED) is 0.114. The molecule has 0 spiro atoms. The van der Waals surface area contributed by atoms with Crippen molar-refractivity contribution in [2.45, 2.75) is 170 Å². The van der Waals surface area contributed by atoms with Crippen LogP contribution >= 0.6 is 0 Å². The first-order valence-corrected chi connectivity index (χ1v) is 19.7. The zero-order valence-electron chi connectivity index (χ0n) is 32.6. The highest BCUT2D eigenvalue weighted by molar-refractivity contribution is 5.68. The molecule has 0 amide bonds. The molecule has 1 heterocycles. The molecule has 3 saturated carbocycles. The summed E-state index contributed by atoms with van der Waals surface area (Å²) in [5, 5.41) is 0. The van der Waals surface area contributed by atoms with Gasteiger partial charge in [-0.15, -0.1) is 0 Å². The van der Waals surface area contributed by atoms with Crippen LogP contribution in [0.5, 0.6) is 0 Å². The molecule has 51 heavy (non-hydrogen) atoms. The minimum Gasteiger partial charge on any atom is -0.463 e. The van der Waals surface area contributed by atoms with Gasteiger partial charge in [0.15, 0.2) is 24.6 Å². The van der Waals surface area contributed by atoms with Gasteiger partial charge in [-0.25, -0.2) is 0 Å². The van der Waals surface area contributed by atoms with Gasteiger partial charge in [0, 0.05) is 27.7 Å². The lowest BCUT2D eigenvalue weighted by molar-refractivity contribution is -0.318. The molecule has 0 aromatic heterocycles. The van der Waals surface area contributed by atoms with Crippen molar-refractivity contribution >= 4 is 23.9 Å². The van der Waals surface area contributed by atoms with E-state index in [1.807, 2.05) is 0 Å². The van der Waals surface area contributed by atoms with Crippen LogP contribution in [-0.4, -0.2) is 67.3 Å². The molecule has 10 heteroatoms. The van der Waals surface area contributed by atoms with Crippen molar-refractivity contribution in [1.29, 1.82) is 0 Å². The maximum absolute atomic E-state index is 12.3. The van der Waals surface area contributed by atoms with Crippen molar-refractivity contribution in [1.82, 2.24) is 0 Å². The van der Waals surface area contributed by atoms with Crippen molar-refractivity contribution < 1.29 is 47.6 Å². The Balaban J connectivity index is 1.32. The summed E-state index contributed by atoms with van der Waals surface area (Å²) >= 11 is 0. The van der Waals surface area contributed by atoms with Crippen molar-refractivity contribution in [3.8, 4) is 0 Å². The largest absolute Gasteiger partial charge is 0.463 e. The fourth-order valence-electron chi connectivity index (χ4n) is 11.3. The average Bonchev–Trinajstić information content (AvgIpc) is 3.39. The van der Waals surface area contributed by atoms with Gasteiger partial charge in [0.1, 0.15) is 12.7 Å². The van der Waals surface area contributed by atoms with E-state index in [1.54, 1.807) is 0 Å². The van der Waals surface area contributed by atoms with Gasteiger partial charge in [-0.1, -0.05) is 65.5 Å². The average molecular weight is 717 g/mol. The summed E-state index contributed by atoms with van der Waals surface area (Å²) in [4.78, 5) is 48.5. The van der Waals surface area contributed by atoms with Crippen LogP contribution < -0.4 is 0 Å². The molecule has 1 saturated heterocycles. The van der Waals surface area contributed by atoms with Gasteiger partial charge < -0.3 is 28.4 Å². The van der Waals surface area contributed by atoms with Crippen LogP contribution in [0.2, 0.25) is 0 Å². The minimum atomic E-state index is -1.23. The van der Waals surface area contributed by atoms with E-state index in [0.717, 1.165) is 49.4 Å². The first-order chi connectivity index (χ1) is 24.0. The number of ether oxygens (including phenoxy) is 6. The second kappa shape index (κ2) is 16.3. The molecule has 5 aliphatic rings. The summed E-state index contributed by atoms with van der Waals surface area (Å²) in [6.45, 7) is 17.0. The molecule has 4 aliphatic carbocycles. The SMILES string of the molecule is CC(=O)OCC1OC(OC2CCC3(C)C(=CCC4C3CCC3(C)C(C(C)CCCC(C)C)CCC43)C2)C(OC(C)=O)C(OC(C)=O)C1OC(C)=O. The van der Waals surface area contributed by atoms with Crippen molar-refractivity contribution in [3.05, 3.63) is 11.6 Å². The van der Waals surface area contributed by atoms with Crippen LogP contribution in [0.15, 0.2) is 11.6 Å². The molecule has 0 bridgehead atoms. The molecular formula is C41H64O10. The van der Waals surface area contributed by atoms with Crippen molar-refractivity contribution in [2.75, 3.05) is 6.61 Å². The highest BCUT2D eigenvalue weighted by atomic mass is 16.7. The standard InChI is InChI=1S/C41H64O10/c1-23(2)11-10-12-24(3)32-15-16-33-31-14-13-29-21-30(17-19-40(29,8)34(31)18-20-41(32,33)9)50-39-38(49-28(7)45)37(48-27(6)44)36(47-26(5)43)35(51-39)22-46-25(4)42/h13,23-24,30-39H,10-12,14-22H2,1-9H3. The van der Waals surface area contributed by atoms with Crippen LogP contribution in [0.25, 0.3) is 0 Å². The summed E-state index contributed by atoms with van der Waals surface area (Å²) in [6.07, 6.45) is 9.39. The maximum atomic E-state index is 12.3. The molecule has 288 valence electrons. The Morgan fingerprint density at radius 2 is 1.47 bits per heavy atom. The third-order valence-electron chi connectivity index (χ3n) is 13.5. The number of allylic oxidation sites excluding steroid dienone is 1. The predicted octanol–water partition coefficient (Wildman–Crippen LogP) is 7.50. The van der Waals surface area contributed by atoms with Gasteiger partial charge in [-0.3, -0.25) is 19.2 Å². The second-order valence-electron chi connectivity index (χ2n) is 17.4. The maximum Gasteiger partial charge on any atom is 0.303 e. The Hall–Kier alpha value is -2.46. The third kappa shape index (κ3) is 8.69. The zero-order valence-corrected chi connectivity index (χ0v) is 32.6. The lowest BCUT2D eigenvalue weighted by Gasteiger charge is -2.58. The minimum absolute atomic E-state index is 0.104. The van der Waals surface area contributed by atoms with Crippen LogP contribution in [0.4, 0.5) is 0 Å². The highest BCUT2D eigenvalue weighted by Crippen LogP contribution is 2.67. The topological polar surface area (TPSA) is 124 Å². The summed E-state index contributed by atoms with van der Waals surface area (Å²) in [7, 11) is 0. The second-order valence-corrected chi connectivity index (χ2v) is 17.4. The van der Waals surface area contributed by atoms with E-state index in [4.69, 9.17) is 28.4 Å². The van der Waals surface area contributed by atoms with Gasteiger partial charge in [-0.2, -0.15) is 0 Å². The van der Waals surface area contributed by atoms with Crippen LogP contribution in [0, 0.1) is 46.3 Å². The number of carbonyl (C=O) groups is 4. The van der Waals surface area contributed by atoms with Gasteiger partial charge in [0.05, 0.1) is 6.10 Å². The molecule has 0 aromatic carbocycles. The number of hydrogen-bond acceptors (Lipinski definition) is 10. The molecule has 13 unspecified atom stereocenters. The number of rotatable bonds is 12. The summed E-state index contributed by atoms with van der Waals surface area (Å²) < 4.78 is 35.0. The van der Waals surface area contributed by atoms with E-state index < -0.39 is 54.6 Å². The van der Waals surface area contributed by atoms with E-state index in [9.17, 15) is 19.2 Å². The predicted molar refractivity (Wildman–Crippen MR) is 190 cm³/mol. The lowest BCUT2D eigenvalue weighted by Crippen LogP contribution is -2.63. The van der Waals surface area contributed by atoms with E-state index in [2.05, 4.69) is 40.7 Å². The van der Waals surface area contributed by atoms with Crippen molar-refractivity contribution in [2.24, 2.45) is 46.3 Å². The summed E-state index contributed by atoms with van der Waals surface area (Å²) in [5.74, 6) is 2.01. The Kier molecular flexibility index (Phi) is 12.7. The lowest BCUT2D eigenvalue weighted by atomic mass is 9.47. The number of fused-ring (bicyclic) bond motifs is 5. The van der Waals surface area contributed by atoms with Crippen LogP contribution in [0.3, 0.4) is 0 Å². The van der Waals surface area contributed by atoms with Crippen LogP contribution in [-0.2, 0) is 47.6 Å². The normalized spacial score (nSPS) is 39.5. The number of esters is 4. The Morgan fingerprint density at radius 3 is 2.12 bits per heavy atom. The fraction of sp³-hybridized carbons (Fsp3) is 0.854. The van der Waals surface area contributed by atoms with Gasteiger partial charge >= 0.3 is 23.9 Å². The van der Waals surface area contributed by atoms with E-state index in [0.29, 0.717) is 17.3 Å². The molecule has 1 aliphatic heterocycles. The van der Waals surface area contributed by atoms with Crippen LogP contribution in [0.1, 0.15) is 133 Å². The number of hydrogen-bond donors (Lipinski definition) is 0. The molecule has 10 nitrogen and oxygen atoms in total. The van der Waals surface area contributed by atoms with Crippen molar-refractivity contribution in [3.63, 3.8) is 0 Å². The monoisotopic (exact) mass is 716 g/mol. The highest BCUT2D eigenvalue weighted by Gasteiger charge is 2.60. The molecule has 4 fully saturated rings. The Morgan fingerprint density at radius 1 is 0.804 bits per heavy atom. The number of carbonyl (C=O) groups excluding carboxylic acids is 4. The van der Waals surface area contributed by atoms with Gasteiger partial charge in [0.25, 0.3) is 0 Å². The fourth-order valence-corrected chi connectivity index (χ4v) is 11.3.